The molecule has 0 aliphatic carbocycles. The van der Waals surface area contributed by atoms with Gasteiger partial charge in [-0.3, -0.25) is 0 Å². The summed E-state index contributed by atoms with van der Waals surface area (Å²) in [5.74, 6) is -0.357. The van der Waals surface area contributed by atoms with Crippen LogP contribution in [0.5, 0.6) is 0 Å². The van der Waals surface area contributed by atoms with Crippen LogP contribution in [0.1, 0.15) is 5.56 Å². The zero-order chi connectivity index (χ0) is 8.27. The van der Waals surface area contributed by atoms with E-state index in [1.54, 1.807) is 12.1 Å². The van der Waals surface area contributed by atoms with Crippen molar-refractivity contribution in [1.29, 1.82) is 0 Å². The van der Waals surface area contributed by atoms with Gasteiger partial charge in [0.15, 0.2) is 0 Å². The zero-order valence-corrected chi connectivity index (χ0v) is 7.66. The summed E-state index contributed by atoms with van der Waals surface area (Å²) in [4.78, 5) is 0. The molecule has 0 saturated carbocycles. The molecule has 0 fully saturated rings. The van der Waals surface area contributed by atoms with Crippen LogP contribution in [-0.2, 0) is 6.42 Å². The molecule has 0 aromatic heterocycles. The van der Waals surface area contributed by atoms with Crippen LogP contribution in [0.3, 0.4) is 0 Å². The fraction of sp³-hybridized carbons (Fsp3) is 0.250. The molecule has 0 nitrogen and oxygen atoms in total. The molecule has 0 atom stereocenters. The first kappa shape index (κ1) is 8.75. The largest absolute Gasteiger partial charge is 0.205 e. The summed E-state index contributed by atoms with van der Waals surface area (Å²) in [5.41, 5.74) is 1.05. The summed E-state index contributed by atoms with van der Waals surface area (Å²) >= 11 is 5.56. The Hall–Kier alpha value is -0.343. The fourth-order valence-corrected chi connectivity index (χ4v) is 1.33. The maximum Gasteiger partial charge on any atom is 0.141 e. The first-order valence-corrected chi connectivity index (χ1v) is 4.41. The van der Waals surface area contributed by atoms with Crippen molar-refractivity contribution in [3.63, 3.8) is 0 Å². The van der Waals surface area contributed by atoms with Crippen LogP contribution in [0.4, 0.5) is 4.39 Å². The first-order valence-electron chi connectivity index (χ1n) is 3.32. The van der Waals surface area contributed by atoms with Gasteiger partial charge in [0, 0.05) is 10.2 Å². The minimum absolute atomic E-state index is 0.197. The van der Waals surface area contributed by atoms with E-state index in [9.17, 15) is 4.39 Å². The van der Waals surface area contributed by atoms with Crippen LogP contribution in [0, 0.1) is 5.82 Å². The lowest BCUT2D eigenvalue weighted by Crippen LogP contribution is -1.85. The lowest BCUT2D eigenvalue weighted by Gasteiger charge is -1.98. The second-order valence-corrected chi connectivity index (χ2v) is 3.16. The number of rotatable bonds is 2. The van der Waals surface area contributed by atoms with Crippen molar-refractivity contribution < 1.29 is 4.39 Å². The van der Waals surface area contributed by atoms with E-state index in [0.29, 0.717) is 0 Å². The van der Waals surface area contributed by atoms with E-state index in [4.69, 9.17) is 11.6 Å². The molecule has 3 radical (unpaired) electrons. The summed E-state index contributed by atoms with van der Waals surface area (Å²) in [5, 5.41) is 0.197. The highest BCUT2D eigenvalue weighted by Gasteiger charge is 1.98. The number of benzene rings is 1. The van der Waals surface area contributed by atoms with Gasteiger partial charge < -0.3 is 0 Å². The van der Waals surface area contributed by atoms with Crippen molar-refractivity contribution in [2.24, 2.45) is 0 Å². The first-order chi connectivity index (χ1) is 5.24. The van der Waals surface area contributed by atoms with Crippen molar-refractivity contribution >= 4 is 21.8 Å². The third kappa shape index (κ3) is 2.31. The van der Waals surface area contributed by atoms with E-state index in [0.717, 1.165) is 18.0 Å². The van der Waals surface area contributed by atoms with Gasteiger partial charge in [0.05, 0.1) is 5.02 Å². The standard InChI is InChI=1S/C8H7ClFSi/c9-7-5-6(3-4-11)1-2-8(7)10/h1-2,5H,3-4H2. The summed E-state index contributed by atoms with van der Waals surface area (Å²) < 4.78 is 12.6. The number of hydrogen-bond donors (Lipinski definition) is 0. The van der Waals surface area contributed by atoms with E-state index in [1.807, 2.05) is 0 Å². The minimum atomic E-state index is -0.357. The molecule has 0 unspecified atom stereocenters. The van der Waals surface area contributed by atoms with Gasteiger partial charge in [-0.1, -0.05) is 23.7 Å². The van der Waals surface area contributed by atoms with Crippen LogP contribution in [0.15, 0.2) is 18.2 Å². The average Bonchev–Trinajstić information content (AvgIpc) is 1.98. The van der Waals surface area contributed by atoms with Gasteiger partial charge >= 0.3 is 0 Å². The molecular weight excluding hydrogens is 179 g/mol. The van der Waals surface area contributed by atoms with Crippen molar-refractivity contribution in [1.82, 2.24) is 0 Å². The lowest BCUT2D eigenvalue weighted by molar-refractivity contribution is 0.627. The zero-order valence-electron chi connectivity index (χ0n) is 5.90. The smallest absolute Gasteiger partial charge is 0.141 e. The molecular formula is C8H7ClFSi. The monoisotopic (exact) mass is 185 g/mol. The maximum atomic E-state index is 12.6. The van der Waals surface area contributed by atoms with Gasteiger partial charge in [-0.15, -0.1) is 0 Å². The predicted octanol–water partition coefficient (Wildman–Crippen LogP) is 2.61. The molecule has 11 heavy (non-hydrogen) atoms. The molecule has 0 spiro atoms. The third-order valence-electron chi connectivity index (χ3n) is 1.40. The second-order valence-electron chi connectivity index (χ2n) is 2.25. The molecule has 1 rings (SSSR count). The second kappa shape index (κ2) is 3.88. The number of aryl methyl sites for hydroxylation is 1. The van der Waals surface area contributed by atoms with Crippen LogP contribution in [-0.4, -0.2) is 10.2 Å². The minimum Gasteiger partial charge on any atom is -0.205 e. The molecule has 3 heteroatoms. The number of hydrogen-bond acceptors (Lipinski definition) is 0. The van der Waals surface area contributed by atoms with Crippen LogP contribution < -0.4 is 0 Å². The Kier molecular flexibility index (Phi) is 3.09. The average molecular weight is 186 g/mol. The molecule has 57 valence electrons. The summed E-state index contributed by atoms with van der Waals surface area (Å²) in [6, 6.07) is 5.64. The Labute approximate surface area is 73.8 Å². The van der Waals surface area contributed by atoms with E-state index in [-0.39, 0.29) is 10.8 Å². The highest BCUT2D eigenvalue weighted by atomic mass is 35.5. The Balaban J connectivity index is 2.86. The van der Waals surface area contributed by atoms with Gasteiger partial charge in [0.2, 0.25) is 0 Å². The lowest BCUT2D eigenvalue weighted by atomic mass is 10.2. The van der Waals surface area contributed by atoms with Crippen molar-refractivity contribution in [2.75, 3.05) is 0 Å². The highest BCUT2D eigenvalue weighted by molar-refractivity contribution is 6.30. The van der Waals surface area contributed by atoms with Gasteiger partial charge in [0.1, 0.15) is 5.82 Å². The van der Waals surface area contributed by atoms with E-state index in [1.165, 1.54) is 6.07 Å². The number of halogens is 2. The topological polar surface area (TPSA) is 0 Å². The Bertz CT molecular complexity index is 250. The molecule has 0 saturated heterocycles. The van der Waals surface area contributed by atoms with Gasteiger partial charge in [0.25, 0.3) is 0 Å². The van der Waals surface area contributed by atoms with E-state index < -0.39 is 0 Å². The predicted molar refractivity (Wildman–Crippen MR) is 45.7 cm³/mol. The molecule has 0 N–H and O–H groups in total. The SMILES string of the molecule is Fc1ccc(CC[Si])cc1Cl. The Morgan fingerprint density at radius 1 is 1.45 bits per heavy atom. The van der Waals surface area contributed by atoms with Crippen LogP contribution in [0.25, 0.3) is 0 Å². The van der Waals surface area contributed by atoms with Gasteiger partial charge in [-0.25, -0.2) is 4.39 Å². The summed E-state index contributed by atoms with van der Waals surface area (Å²) in [7, 11) is 3.34. The maximum absolute atomic E-state index is 12.6. The Morgan fingerprint density at radius 2 is 2.18 bits per heavy atom. The molecule has 0 heterocycles. The molecule has 0 bridgehead atoms. The Morgan fingerprint density at radius 3 is 2.73 bits per heavy atom. The van der Waals surface area contributed by atoms with Gasteiger partial charge in [-0.2, -0.15) is 0 Å². The summed E-state index contributed by atoms with van der Waals surface area (Å²) in [6.45, 7) is 0. The molecule has 0 aliphatic heterocycles. The van der Waals surface area contributed by atoms with Crippen LogP contribution >= 0.6 is 11.6 Å². The van der Waals surface area contributed by atoms with E-state index in [2.05, 4.69) is 10.2 Å². The van der Waals surface area contributed by atoms with E-state index >= 15 is 0 Å². The molecule has 1 aromatic carbocycles. The summed E-state index contributed by atoms with van der Waals surface area (Å²) in [6.07, 6.45) is 0.872. The molecule has 0 amide bonds. The molecule has 0 aliphatic rings. The normalized spacial score (nSPS) is 10.1. The fourth-order valence-electron chi connectivity index (χ4n) is 0.839. The van der Waals surface area contributed by atoms with Crippen molar-refractivity contribution in [2.45, 2.75) is 12.5 Å². The van der Waals surface area contributed by atoms with Crippen LogP contribution in [0.2, 0.25) is 11.1 Å². The van der Waals surface area contributed by atoms with Gasteiger partial charge in [-0.05, 0) is 24.1 Å². The quantitative estimate of drug-likeness (QED) is 0.622. The van der Waals surface area contributed by atoms with Crippen molar-refractivity contribution in [3.05, 3.63) is 34.6 Å². The third-order valence-corrected chi connectivity index (χ3v) is 1.94. The molecule has 1 aromatic rings. The van der Waals surface area contributed by atoms with Crippen molar-refractivity contribution in [3.8, 4) is 0 Å². The highest BCUT2D eigenvalue weighted by Crippen LogP contribution is 2.16.